The average Bonchev–Trinajstić information content (AvgIpc) is 3.56. The summed E-state index contributed by atoms with van der Waals surface area (Å²) in [5.74, 6) is 0.918. The molecule has 7 heteroatoms. The number of aromatic nitrogens is 5. The molecule has 5 rings (SSSR count). The quantitative estimate of drug-likeness (QED) is 0.342. The van der Waals surface area contributed by atoms with Crippen LogP contribution >= 0.6 is 0 Å². The number of hydrogen-bond acceptors (Lipinski definition) is 5. The molecule has 1 unspecified atom stereocenters. The molecule has 0 spiro atoms. The summed E-state index contributed by atoms with van der Waals surface area (Å²) >= 11 is 0. The van der Waals surface area contributed by atoms with E-state index in [4.69, 9.17) is 0 Å². The number of hydrogen-bond donors (Lipinski definition) is 1. The van der Waals surface area contributed by atoms with Gasteiger partial charge in [0.05, 0.1) is 17.6 Å². The minimum Gasteiger partial charge on any atom is -0.321 e. The molecule has 188 valence electrons. The lowest BCUT2D eigenvalue weighted by molar-refractivity contribution is 0.169. The highest BCUT2D eigenvalue weighted by molar-refractivity contribution is 5.81. The number of pyridine rings is 1. The van der Waals surface area contributed by atoms with Gasteiger partial charge in [-0.2, -0.15) is 0 Å². The van der Waals surface area contributed by atoms with Gasteiger partial charge in [-0.1, -0.05) is 67.8 Å². The molecule has 1 N–H and O–H groups in total. The Kier molecular flexibility index (Phi) is 7.28. The molecule has 0 aliphatic heterocycles. The maximum absolute atomic E-state index is 13.2. The van der Waals surface area contributed by atoms with Gasteiger partial charge in [-0.05, 0) is 72.5 Å². The van der Waals surface area contributed by atoms with Crippen molar-refractivity contribution in [1.82, 2.24) is 30.1 Å². The van der Waals surface area contributed by atoms with Crippen LogP contribution < -0.4 is 5.56 Å². The van der Waals surface area contributed by atoms with Crippen LogP contribution in [0.5, 0.6) is 0 Å². The lowest BCUT2D eigenvalue weighted by atomic mass is 10.0. The first kappa shape index (κ1) is 24.4. The van der Waals surface area contributed by atoms with Crippen molar-refractivity contribution in [3.8, 4) is 0 Å². The lowest BCUT2D eigenvalue weighted by Gasteiger charge is -2.31. The SMILES string of the molecule is CCC(c1nnnn1C1CCCC1)N(CCc1cccc(C)c1)Cc1cc2cccc(C)c2[nH]c1=O. The zero-order valence-corrected chi connectivity index (χ0v) is 21.6. The molecular weight excluding hydrogens is 448 g/mol. The van der Waals surface area contributed by atoms with Crippen molar-refractivity contribution < 1.29 is 0 Å². The first-order chi connectivity index (χ1) is 17.5. The van der Waals surface area contributed by atoms with Gasteiger partial charge in [-0.3, -0.25) is 9.69 Å². The monoisotopic (exact) mass is 484 g/mol. The number of fused-ring (bicyclic) bond motifs is 1. The molecule has 1 aliphatic rings. The Balaban J connectivity index is 1.49. The minimum absolute atomic E-state index is 0.0254. The molecule has 2 aromatic heterocycles. The fourth-order valence-corrected chi connectivity index (χ4v) is 5.68. The lowest BCUT2D eigenvalue weighted by Crippen LogP contribution is -2.34. The van der Waals surface area contributed by atoms with E-state index in [9.17, 15) is 4.79 Å². The van der Waals surface area contributed by atoms with E-state index in [0.29, 0.717) is 12.6 Å². The van der Waals surface area contributed by atoms with Crippen LogP contribution in [-0.4, -0.2) is 36.6 Å². The van der Waals surface area contributed by atoms with Crippen LogP contribution in [0.25, 0.3) is 10.9 Å². The van der Waals surface area contributed by atoms with Crippen LogP contribution in [0, 0.1) is 13.8 Å². The molecule has 4 aromatic rings. The summed E-state index contributed by atoms with van der Waals surface area (Å²) in [5.41, 5.74) is 5.30. The Labute approximate surface area is 212 Å². The molecule has 1 saturated carbocycles. The Hall–Kier alpha value is -3.32. The van der Waals surface area contributed by atoms with Gasteiger partial charge in [0, 0.05) is 18.7 Å². The molecule has 36 heavy (non-hydrogen) atoms. The predicted molar refractivity (Wildman–Crippen MR) is 143 cm³/mol. The Bertz CT molecular complexity index is 1380. The standard InChI is InChI=1S/C29H36N6O/c1-4-26(28-31-32-33-35(28)25-13-5-6-14-25)34(16-15-22-11-7-9-20(2)17-22)19-24-18-23-12-8-10-21(3)27(23)30-29(24)36/h7-12,17-18,25-26H,4-6,13-16,19H2,1-3H3,(H,30,36). The number of tetrazole rings is 1. The molecule has 7 nitrogen and oxygen atoms in total. The zero-order valence-electron chi connectivity index (χ0n) is 21.6. The Morgan fingerprint density at radius 2 is 1.92 bits per heavy atom. The zero-order chi connectivity index (χ0) is 25.1. The first-order valence-corrected chi connectivity index (χ1v) is 13.2. The van der Waals surface area contributed by atoms with Gasteiger partial charge in [0.1, 0.15) is 0 Å². The van der Waals surface area contributed by atoms with Gasteiger partial charge in [0.25, 0.3) is 5.56 Å². The maximum Gasteiger partial charge on any atom is 0.252 e. The van der Waals surface area contributed by atoms with Crippen molar-refractivity contribution in [2.75, 3.05) is 6.54 Å². The molecule has 0 bridgehead atoms. The van der Waals surface area contributed by atoms with Crippen LogP contribution in [0.1, 0.15) is 79.2 Å². The van der Waals surface area contributed by atoms with Crippen molar-refractivity contribution in [2.24, 2.45) is 0 Å². The molecule has 0 amide bonds. The van der Waals surface area contributed by atoms with E-state index in [2.05, 4.69) is 74.3 Å². The van der Waals surface area contributed by atoms with Crippen molar-refractivity contribution in [3.63, 3.8) is 0 Å². The number of rotatable bonds is 9. The molecule has 2 aromatic carbocycles. The van der Waals surface area contributed by atoms with Crippen LogP contribution in [0.15, 0.2) is 53.3 Å². The van der Waals surface area contributed by atoms with E-state index in [1.807, 2.05) is 25.1 Å². The maximum atomic E-state index is 13.2. The number of H-pyrrole nitrogens is 1. The molecule has 0 radical (unpaired) electrons. The Morgan fingerprint density at radius 1 is 1.11 bits per heavy atom. The van der Waals surface area contributed by atoms with E-state index in [1.165, 1.54) is 24.0 Å². The van der Waals surface area contributed by atoms with E-state index < -0.39 is 0 Å². The van der Waals surface area contributed by atoms with Gasteiger partial charge >= 0.3 is 0 Å². The number of nitrogens with one attached hydrogen (secondary N) is 1. The van der Waals surface area contributed by atoms with Crippen LogP contribution in [0.3, 0.4) is 0 Å². The molecule has 1 aliphatic carbocycles. The number of nitrogens with zero attached hydrogens (tertiary/aromatic N) is 5. The van der Waals surface area contributed by atoms with Crippen LogP contribution in [0.4, 0.5) is 0 Å². The first-order valence-electron chi connectivity index (χ1n) is 13.2. The largest absolute Gasteiger partial charge is 0.321 e. The molecule has 0 saturated heterocycles. The van der Waals surface area contributed by atoms with Gasteiger partial charge in [0.2, 0.25) is 0 Å². The van der Waals surface area contributed by atoms with E-state index in [-0.39, 0.29) is 11.6 Å². The third kappa shape index (κ3) is 5.12. The van der Waals surface area contributed by atoms with Gasteiger partial charge < -0.3 is 4.98 Å². The summed E-state index contributed by atoms with van der Waals surface area (Å²) < 4.78 is 2.06. The highest BCUT2D eigenvalue weighted by atomic mass is 16.1. The van der Waals surface area contributed by atoms with E-state index >= 15 is 0 Å². The molecule has 1 atom stereocenters. The van der Waals surface area contributed by atoms with Gasteiger partial charge in [0.15, 0.2) is 5.82 Å². The third-order valence-electron chi connectivity index (χ3n) is 7.62. The summed E-state index contributed by atoms with van der Waals surface area (Å²) in [6.07, 6.45) is 6.47. The number of para-hydroxylation sites is 1. The highest BCUT2D eigenvalue weighted by Gasteiger charge is 2.29. The second-order valence-corrected chi connectivity index (χ2v) is 10.2. The second-order valence-electron chi connectivity index (χ2n) is 10.2. The number of benzene rings is 2. The molecule has 1 fully saturated rings. The third-order valence-corrected chi connectivity index (χ3v) is 7.62. The summed E-state index contributed by atoms with van der Waals surface area (Å²) in [6, 6.07) is 17.2. The average molecular weight is 485 g/mol. The summed E-state index contributed by atoms with van der Waals surface area (Å²) in [6.45, 7) is 7.70. The van der Waals surface area contributed by atoms with Gasteiger partial charge in [-0.15, -0.1) is 5.10 Å². The van der Waals surface area contributed by atoms with Crippen LogP contribution in [0.2, 0.25) is 0 Å². The number of aryl methyl sites for hydroxylation is 2. The number of aromatic amines is 1. The van der Waals surface area contributed by atoms with Gasteiger partial charge in [-0.25, -0.2) is 4.68 Å². The van der Waals surface area contributed by atoms with Crippen molar-refractivity contribution >= 4 is 10.9 Å². The smallest absolute Gasteiger partial charge is 0.252 e. The van der Waals surface area contributed by atoms with Crippen molar-refractivity contribution in [1.29, 1.82) is 0 Å². The Morgan fingerprint density at radius 3 is 2.69 bits per heavy atom. The summed E-state index contributed by atoms with van der Waals surface area (Å²) in [7, 11) is 0. The fourth-order valence-electron chi connectivity index (χ4n) is 5.68. The van der Waals surface area contributed by atoms with E-state index in [0.717, 1.165) is 60.1 Å². The van der Waals surface area contributed by atoms with Crippen molar-refractivity contribution in [3.05, 3.63) is 87.0 Å². The second kappa shape index (κ2) is 10.7. The summed E-state index contributed by atoms with van der Waals surface area (Å²) in [4.78, 5) is 18.7. The normalized spacial score (nSPS) is 15.2. The predicted octanol–water partition coefficient (Wildman–Crippen LogP) is 5.44. The van der Waals surface area contributed by atoms with Crippen LogP contribution in [-0.2, 0) is 13.0 Å². The minimum atomic E-state index is -0.0254. The van der Waals surface area contributed by atoms with E-state index in [1.54, 1.807) is 0 Å². The topological polar surface area (TPSA) is 79.7 Å². The molecule has 2 heterocycles. The fraction of sp³-hybridized carbons (Fsp3) is 0.448. The molecular formula is C29H36N6O. The summed E-state index contributed by atoms with van der Waals surface area (Å²) in [5, 5.41) is 14.1. The highest BCUT2D eigenvalue weighted by Crippen LogP contribution is 2.33. The van der Waals surface area contributed by atoms with Crippen molar-refractivity contribution in [2.45, 2.75) is 77.9 Å².